The third-order valence-electron chi connectivity index (χ3n) is 3.00. The number of para-hydroxylation sites is 1. The van der Waals surface area contributed by atoms with Crippen molar-refractivity contribution in [3.05, 3.63) is 60.4 Å². The number of aromatic nitrogens is 3. The minimum absolute atomic E-state index is 0.315. The van der Waals surface area contributed by atoms with Gasteiger partial charge >= 0.3 is 0 Å². The van der Waals surface area contributed by atoms with Crippen LogP contribution in [0.2, 0.25) is 0 Å². The smallest absolute Gasteiger partial charge is 0.246 e. The molecule has 0 bridgehead atoms. The van der Waals surface area contributed by atoms with Crippen LogP contribution < -0.4 is 14.8 Å². The fourth-order valence-corrected chi connectivity index (χ4v) is 1.89. The first-order valence-corrected chi connectivity index (χ1v) is 6.84. The molecular weight excluding hydrogens is 280 g/mol. The highest BCUT2D eigenvalue weighted by Crippen LogP contribution is 2.18. The van der Waals surface area contributed by atoms with Crippen molar-refractivity contribution in [2.45, 2.75) is 6.61 Å². The lowest BCUT2D eigenvalue weighted by Crippen LogP contribution is -1.98. The number of nitrogens with zero attached hydrogens (tertiary/aromatic N) is 2. The van der Waals surface area contributed by atoms with E-state index in [4.69, 9.17) is 9.47 Å². The summed E-state index contributed by atoms with van der Waals surface area (Å²) in [5, 5.41) is 10.1. The number of rotatable bonds is 6. The zero-order valence-electron chi connectivity index (χ0n) is 12.1. The van der Waals surface area contributed by atoms with Crippen LogP contribution in [0.15, 0.2) is 54.6 Å². The monoisotopic (exact) mass is 296 g/mol. The Morgan fingerprint density at radius 3 is 2.45 bits per heavy atom. The summed E-state index contributed by atoms with van der Waals surface area (Å²) in [6.45, 7) is 0.315. The minimum Gasteiger partial charge on any atom is -0.497 e. The molecule has 22 heavy (non-hydrogen) atoms. The number of benzene rings is 2. The molecule has 112 valence electrons. The second-order valence-corrected chi connectivity index (χ2v) is 4.56. The van der Waals surface area contributed by atoms with Gasteiger partial charge < -0.3 is 14.8 Å². The van der Waals surface area contributed by atoms with E-state index in [0.29, 0.717) is 18.4 Å². The first-order valence-electron chi connectivity index (χ1n) is 6.84. The summed E-state index contributed by atoms with van der Waals surface area (Å²) in [5.74, 6) is 2.70. The molecule has 0 unspecified atom stereocenters. The van der Waals surface area contributed by atoms with Gasteiger partial charge in [-0.25, -0.2) is 0 Å². The molecule has 0 aliphatic heterocycles. The van der Waals surface area contributed by atoms with Crippen molar-refractivity contribution in [1.82, 2.24) is 15.2 Å². The number of methoxy groups -OCH3 is 1. The molecule has 0 spiro atoms. The van der Waals surface area contributed by atoms with Crippen LogP contribution in [-0.4, -0.2) is 22.3 Å². The Balaban J connectivity index is 1.57. The summed E-state index contributed by atoms with van der Waals surface area (Å²) in [4.78, 5) is 4.33. The molecule has 0 atom stereocenters. The maximum absolute atomic E-state index is 5.64. The topological polar surface area (TPSA) is 72.1 Å². The normalized spacial score (nSPS) is 10.2. The summed E-state index contributed by atoms with van der Waals surface area (Å²) >= 11 is 0. The van der Waals surface area contributed by atoms with E-state index in [-0.39, 0.29) is 0 Å². The average Bonchev–Trinajstić information content (AvgIpc) is 3.02. The maximum Gasteiger partial charge on any atom is 0.246 e. The fraction of sp³-hybridized carbons (Fsp3) is 0.125. The van der Waals surface area contributed by atoms with Crippen molar-refractivity contribution in [3.8, 4) is 11.5 Å². The van der Waals surface area contributed by atoms with Gasteiger partial charge in [0.1, 0.15) is 18.1 Å². The third-order valence-corrected chi connectivity index (χ3v) is 3.00. The van der Waals surface area contributed by atoms with Crippen molar-refractivity contribution >= 4 is 11.6 Å². The van der Waals surface area contributed by atoms with Gasteiger partial charge in [-0.2, -0.15) is 4.98 Å². The first kappa shape index (κ1) is 13.9. The molecular formula is C16H16N4O2. The number of hydrogen-bond acceptors (Lipinski definition) is 5. The Kier molecular flexibility index (Phi) is 4.20. The fourth-order valence-electron chi connectivity index (χ4n) is 1.89. The van der Waals surface area contributed by atoms with Gasteiger partial charge in [0.05, 0.1) is 7.11 Å². The molecule has 1 aromatic heterocycles. The molecule has 3 rings (SSSR count). The molecule has 0 fully saturated rings. The van der Waals surface area contributed by atoms with Gasteiger partial charge in [-0.1, -0.05) is 18.2 Å². The second-order valence-electron chi connectivity index (χ2n) is 4.56. The predicted octanol–water partition coefficient (Wildman–Crippen LogP) is 3.14. The molecule has 1 heterocycles. The van der Waals surface area contributed by atoms with Crippen molar-refractivity contribution in [1.29, 1.82) is 0 Å². The summed E-state index contributed by atoms with van der Waals surface area (Å²) in [7, 11) is 1.63. The van der Waals surface area contributed by atoms with Gasteiger partial charge in [0, 0.05) is 5.69 Å². The Morgan fingerprint density at radius 1 is 1.00 bits per heavy atom. The van der Waals surface area contributed by atoms with Gasteiger partial charge in [0.25, 0.3) is 0 Å². The Labute approximate surface area is 128 Å². The van der Waals surface area contributed by atoms with E-state index in [1.807, 2.05) is 54.6 Å². The van der Waals surface area contributed by atoms with Crippen molar-refractivity contribution in [3.63, 3.8) is 0 Å². The summed E-state index contributed by atoms with van der Waals surface area (Å²) in [5.41, 5.74) is 0.934. The standard InChI is InChI=1S/C16H16N4O2/c1-21-13-7-9-14(10-8-13)22-11-15-18-16(20-19-15)17-12-5-3-2-4-6-12/h2-10H,11H2,1H3,(H2,17,18,19,20). The van der Waals surface area contributed by atoms with Gasteiger partial charge in [-0.05, 0) is 36.4 Å². The van der Waals surface area contributed by atoms with Gasteiger partial charge in [0.2, 0.25) is 5.95 Å². The van der Waals surface area contributed by atoms with Crippen LogP contribution in [0.5, 0.6) is 11.5 Å². The highest BCUT2D eigenvalue weighted by Gasteiger charge is 2.04. The van der Waals surface area contributed by atoms with E-state index < -0.39 is 0 Å². The number of H-pyrrole nitrogens is 1. The van der Waals surface area contributed by atoms with E-state index in [0.717, 1.165) is 17.2 Å². The van der Waals surface area contributed by atoms with Crippen LogP contribution >= 0.6 is 0 Å². The van der Waals surface area contributed by atoms with Crippen molar-refractivity contribution in [2.75, 3.05) is 12.4 Å². The lowest BCUT2D eigenvalue weighted by atomic mass is 10.3. The number of anilines is 2. The zero-order valence-corrected chi connectivity index (χ0v) is 12.1. The summed E-state index contributed by atoms with van der Waals surface area (Å²) in [6, 6.07) is 17.1. The Hall–Kier alpha value is -3.02. The van der Waals surface area contributed by atoms with Crippen molar-refractivity contribution in [2.24, 2.45) is 0 Å². The molecule has 6 heteroatoms. The lowest BCUT2D eigenvalue weighted by Gasteiger charge is -2.04. The molecule has 0 saturated carbocycles. The van der Waals surface area contributed by atoms with Gasteiger partial charge in [-0.3, -0.25) is 5.10 Å². The molecule has 2 N–H and O–H groups in total. The van der Waals surface area contributed by atoms with Crippen LogP contribution in [0.4, 0.5) is 11.6 Å². The summed E-state index contributed by atoms with van der Waals surface area (Å²) in [6.07, 6.45) is 0. The number of nitrogens with one attached hydrogen (secondary N) is 2. The largest absolute Gasteiger partial charge is 0.497 e. The second kappa shape index (κ2) is 6.62. The molecule has 0 aliphatic carbocycles. The third kappa shape index (κ3) is 3.54. The molecule has 0 aliphatic rings. The van der Waals surface area contributed by atoms with Crippen LogP contribution in [0, 0.1) is 0 Å². The Morgan fingerprint density at radius 2 is 1.73 bits per heavy atom. The lowest BCUT2D eigenvalue weighted by molar-refractivity contribution is 0.296. The predicted molar refractivity (Wildman–Crippen MR) is 83.4 cm³/mol. The molecule has 0 saturated heterocycles. The van der Waals surface area contributed by atoms with Gasteiger partial charge in [0.15, 0.2) is 5.82 Å². The van der Waals surface area contributed by atoms with Crippen LogP contribution in [0.3, 0.4) is 0 Å². The number of ether oxygens (including phenoxy) is 2. The maximum atomic E-state index is 5.64. The van der Waals surface area contributed by atoms with Crippen LogP contribution in [0.1, 0.15) is 5.82 Å². The van der Waals surface area contributed by atoms with E-state index >= 15 is 0 Å². The number of hydrogen-bond donors (Lipinski definition) is 2. The van der Waals surface area contributed by atoms with E-state index in [9.17, 15) is 0 Å². The highest BCUT2D eigenvalue weighted by molar-refractivity contribution is 5.52. The Bertz CT molecular complexity index is 711. The van der Waals surface area contributed by atoms with Crippen molar-refractivity contribution < 1.29 is 9.47 Å². The minimum atomic E-state index is 0.315. The van der Waals surface area contributed by atoms with Gasteiger partial charge in [-0.15, -0.1) is 5.10 Å². The van der Waals surface area contributed by atoms with Crippen LogP contribution in [0.25, 0.3) is 0 Å². The van der Waals surface area contributed by atoms with E-state index in [1.54, 1.807) is 7.11 Å². The SMILES string of the molecule is COc1ccc(OCc2nc(Nc3ccccc3)n[nH]2)cc1. The number of aromatic amines is 1. The first-order chi connectivity index (χ1) is 10.8. The quantitative estimate of drug-likeness (QED) is 0.731. The molecule has 0 radical (unpaired) electrons. The molecule has 2 aromatic carbocycles. The van der Waals surface area contributed by atoms with Crippen LogP contribution in [-0.2, 0) is 6.61 Å². The zero-order chi connectivity index (χ0) is 15.2. The van der Waals surface area contributed by atoms with E-state index in [1.165, 1.54) is 0 Å². The summed E-state index contributed by atoms with van der Waals surface area (Å²) < 4.78 is 10.7. The molecule has 0 amide bonds. The molecule has 3 aromatic rings. The average molecular weight is 296 g/mol. The molecule has 6 nitrogen and oxygen atoms in total. The van der Waals surface area contributed by atoms with E-state index in [2.05, 4.69) is 20.5 Å². The highest BCUT2D eigenvalue weighted by atomic mass is 16.5.